The number of hydrogen-bond acceptors (Lipinski definition) is 5. The van der Waals surface area contributed by atoms with E-state index in [1.807, 2.05) is 53.8 Å². The number of aromatic nitrogens is 3. The van der Waals surface area contributed by atoms with Gasteiger partial charge in [-0.05, 0) is 43.1 Å². The van der Waals surface area contributed by atoms with Crippen molar-refractivity contribution in [2.24, 2.45) is 5.92 Å². The number of carbonyl (C=O) groups is 1. The summed E-state index contributed by atoms with van der Waals surface area (Å²) in [5.74, 6) is 1.56. The molecule has 1 atom stereocenters. The Morgan fingerprint density at radius 1 is 1.25 bits per heavy atom. The van der Waals surface area contributed by atoms with Crippen LogP contribution in [0.25, 0.3) is 16.9 Å². The molecule has 5 rings (SSSR count). The van der Waals surface area contributed by atoms with Gasteiger partial charge in [0, 0.05) is 49.1 Å². The molecule has 1 unspecified atom stereocenters. The van der Waals surface area contributed by atoms with Crippen LogP contribution in [0.4, 0.5) is 5.82 Å². The highest BCUT2D eigenvalue weighted by Gasteiger charge is 2.30. The van der Waals surface area contributed by atoms with E-state index in [1.54, 1.807) is 0 Å². The van der Waals surface area contributed by atoms with E-state index in [4.69, 9.17) is 21.3 Å². The molecular weight excluding hydrogens is 425 g/mol. The van der Waals surface area contributed by atoms with E-state index in [0.717, 1.165) is 73.5 Å². The van der Waals surface area contributed by atoms with Crippen molar-refractivity contribution in [2.75, 3.05) is 31.6 Å². The number of amides is 1. The summed E-state index contributed by atoms with van der Waals surface area (Å²) in [4.78, 5) is 19.4. The lowest BCUT2D eigenvalue weighted by atomic mass is 9.96. The maximum atomic E-state index is 12.6. The largest absolute Gasteiger partial charge is 0.370 e. The normalized spacial score (nSPS) is 19.5. The van der Waals surface area contributed by atoms with Crippen LogP contribution >= 0.6 is 11.6 Å². The number of nitrogens with one attached hydrogen (secondary N) is 1. The van der Waals surface area contributed by atoms with Crippen molar-refractivity contribution in [1.82, 2.24) is 19.5 Å². The Kier molecular flexibility index (Phi) is 6.06. The molecule has 3 aromatic rings. The van der Waals surface area contributed by atoms with Crippen LogP contribution in [0, 0.1) is 5.92 Å². The molecule has 4 heterocycles. The second kappa shape index (κ2) is 9.12. The highest BCUT2D eigenvalue weighted by Crippen LogP contribution is 2.29. The summed E-state index contributed by atoms with van der Waals surface area (Å²) < 4.78 is 7.42. The summed E-state index contributed by atoms with van der Waals surface area (Å²) in [6.45, 7) is 3.12. The van der Waals surface area contributed by atoms with Crippen LogP contribution in [0.2, 0.25) is 5.02 Å². The van der Waals surface area contributed by atoms with Crippen molar-refractivity contribution < 1.29 is 9.53 Å². The van der Waals surface area contributed by atoms with Crippen LogP contribution in [-0.2, 0) is 9.53 Å². The first-order valence-corrected chi connectivity index (χ1v) is 11.7. The van der Waals surface area contributed by atoms with E-state index < -0.39 is 0 Å². The highest BCUT2D eigenvalue weighted by molar-refractivity contribution is 6.36. The standard InChI is InChI=1S/C23H27BClN5O2/c24-17-14-27-30-21(12-19(28-22(17)30)16-4-1-2-5-18(16)25)26-13-15-7-9-29(10-8-15)23(31)20-6-3-11-32-20/h1-2,4-5,12,14-15,20,26H,3,6-11,13,24H2. The Hall–Kier alpha value is -2.58. The summed E-state index contributed by atoms with van der Waals surface area (Å²) in [5, 5.41) is 8.78. The lowest BCUT2D eigenvalue weighted by Crippen LogP contribution is -2.44. The maximum absolute atomic E-state index is 12.6. The van der Waals surface area contributed by atoms with Gasteiger partial charge in [-0.1, -0.05) is 29.8 Å². The molecule has 1 aromatic carbocycles. The summed E-state index contributed by atoms with van der Waals surface area (Å²) in [7, 11) is 2.01. The fourth-order valence-corrected chi connectivity index (χ4v) is 4.82. The number of anilines is 1. The number of likely N-dealkylation sites (tertiary alicyclic amines) is 1. The monoisotopic (exact) mass is 451 g/mol. The van der Waals surface area contributed by atoms with Crippen molar-refractivity contribution in [3.05, 3.63) is 41.6 Å². The smallest absolute Gasteiger partial charge is 0.251 e. The van der Waals surface area contributed by atoms with Gasteiger partial charge in [0.05, 0.1) is 5.69 Å². The molecule has 1 amide bonds. The molecule has 0 aliphatic carbocycles. The maximum Gasteiger partial charge on any atom is 0.251 e. The van der Waals surface area contributed by atoms with Crippen LogP contribution < -0.4 is 10.8 Å². The van der Waals surface area contributed by atoms with Crippen molar-refractivity contribution >= 4 is 42.3 Å². The molecule has 2 saturated heterocycles. The van der Waals surface area contributed by atoms with Crippen molar-refractivity contribution in [3.8, 4) is 11.3 Å². The molecule has 32 heavy (non-hydrogen) atoms. The zero-order valence-corrected chi connectivity index (χ0v) is 19.0. The van der Waals surface area contributed by atoms with Gasteiger partial charge in [0.25, 0.3) is 5.91 Å². The van der Waals surface area contributed by atoms with Crippen LogP contribution in [-0.4, -0.2) is 65.6 Å². The molecule has 1 N–H and O–H groups in total. The third-order valence-corrected chi connectivity index (χ3v) is 6.83. The summed E-state index contributed by atoms with van der Waals surface area (Å²) in [5.41, 5.74) is 3.57. The number of hydrogen-bond donors (Lipinski definition) is 1. The van der Waals surface area contributed by atoms with Crippen LogP contribution in [0.3, 0.4) is 0 Å². The Labute approximate surface area is 193 Å². The molecule has 166 valence electrons. The minimum atomic E-state index is -0.221. The van der Waals surface area contributed by atoms with Gasteiger partial charge in [-0.3, -0.25) is 4.79 Å². The van der Waals surface area contributed by atoms with Crippen LogP contribution in [0.15, 0.2) is 36.5 Å². The molecule has 0 bridgehead atoms. The van der Waals surface area contributed by atoms with Gasteiger partial charge in [-0.25, -0.2) is 4.98 Å². The molecule has 2 aliphatic heterocycles. The fourth-order valence-electron chi connectivity index (χ4n) is 4.59. The molecule has 2 fully saturated rings. The van der Waals surface area contributed by atoms with Crippen molar-refractivity contribution in [3.63, 3.8) is 0 Å². The second-order valence-corrected chi connectivity index (χ2v) is 9.13. The molecule has 9 heteroatoms. The number of carbonyl (C=O) groups excluding carboxylic acids is 1. The van der Waals surface area contributed by atoms with Gasteiger partial charge in [-0.15, -0.1) is 0 Å². The number of nitrogens with zero attached hydrogens (tertiary/aromatic N) is 4. The predicted octanol–water partition coefficient (Wildman–Crippen LogP) is 2.14. The third kappa shape index (κ3) is 4.21. The Balaban J connectivity index is 1.28. The SMILES string of the molecule is Bc1cnn2c(NCC3CCN(C(=O)C4CCCO4)CC3)cc(-c3ccccc3Cl)nc12. The van der Waals surface area contributed by atoms with Crippen LogP contribution in [0.5, 0.6) is 0 Å². The topological polar surface area (TPSA) is 71.8 Å². The summed E-state index contributed by atoms with van der Waals surface area (Å²) in [6, 6.07) is 9.76. The molecule has 0 saturated carbocycles. The first-order chi connectivity index (χ1) is 15.6. The lowest BCUT2D eigenvalue weighted by molar-refractivity contribution is -0.142. The Morgan fingerprint density at radius 2 is 2.06 bits per heavy atom. The minimum Gasteiger partial charge on any atom is -0.370 e. The number of halogens is 1. The van der Waals surface area contributed by atoms with Crippen molar-refractivity contribution in [1.29, 1.82) is 0 Å². The molecule has 0 spiro atoms. The Morgan fingerprint density at radius 3 is 2.81 bits per heavy atom. The molecule has 7 nitrogen and oxygen atoms in total. The zero-order valence-electron chi connectivity index (χ0n) is 18.3. The summed E-state index contributed by atoms with van der Waals surface area (Å²) in [6.07, 6.45) is 5.42. The Bertz CT molecular complexity index is 1120. The average molecular weight is 452 g/mol. The van der Waals surface area contributed by atoms with E-state index in [2.05, 4.69) is 10.4 Å². The number of benzene rings is 1. The fraction of sp³-hybridized carbons (Fsp3) is 0.435. The van der Waals surface area contributed by atoms with Gasteiger partial charge in [0.2, 0.25) is 0 Å². The minimum absolute atomic E-state index is 0.168. The van der Waals surface area contributed by atoms with Gasteiger partial charge >= 0.3 is 0 Å². The predicted molar refractivity (Wildman–Crippen MR) is 128 cm³/mol. The molecule has 2 aromatic heterocycles. The lowest BCUT2D eigenvalue weighted by Gasteiger charge is -2.33. The number of fused-ring (bicyclic) bond motifs is 1. The van der Waals surface area contributed by atoms with Crippen LogP contribution in [0.1, 0.15) is 25.7 Å². The van der Waals surface area contributed by atoms with E-state index in [-0.39, 0.29) is 12.0 Å². The van der Waals surface area contributed by atoms with E-state index in [0.29, 0.717) is 17.5 Å². The third-order valence-electron chi connectivity index (χ3n) is 6.50. The second-order valence-electron chi connectivity index (χ2n) is 8.72. The van der Waals surface area contributed by atoms with E-state index in [9.17, 15) is 4.79 Å². The van der Waals surface area contributed by atoms with Crippen molar-refractivity contribution in [2.45, 2.75) is 31.8 Å². The van der Waals surface area contributed by atoms with Gasteiger partial charge < -0.3 is 15.0 Å². The number of rotatable bonds is 5. The zero-order chi connectivity index (χ0) is 22.1. The quantitative estimate of drug-likeness (QED) is 0.602. The van der Waals surface area contributed by atoms with Gasteiger partial charge in [-0.2, -0.15) is 9.61 Å². The summed E-state index contributed by atoms with van der Waals surface area (Å²) >= 11 is 6.44. The molecule has 0 radical (unpaired) electrons. The number of piperidine rings is 1. The first-order valence-electron chi connectivity index (χ1n) is 11.3. The number of ether oxygens (including phenoxy) is 1. The molecular formula is C23H27BClN5O2. The molecule has 2 aliphatic rings. The average Bonchev–Trinajstić information content (AvgIpc) is 3.48. The van der Waals surface area contributed by atoms with E-state index in [1.165, 1.54) is 0 Å². The van der Waals surface area contributed by atoms with E-state index >= 15 is 0 Å². The first kappa shape index (κ1) is 21.3. The van der Waals surface area contributed by atoms with Gasteiger partial charge in [0.15, 0.2) is 5.65 Å². The van der Waals surface area contributed by atoms with Gasteiger partial charge in [0.1, 0.15) is 19.8 Å². The highest BCUT2D eigenvalue weighted by atomic mass is 35.5.